The van der Waals surface area contributed by atoms with Crippen molar-refractivity contribution < 1.29 is 14.0 Å². The lowest BCUT2D eigenvalue weighted by molar-refractivity contribution is -0.136. The summed E-state index contributed by atoms with van der Waals surface area (Å²) in [5.74, 6) is 1.02. The molecule has 1 atom stereocenters. The van der Waals surface area contributed by atoms with Gasteiger partial charge in [0, 0.05) is 37.8 Å². The van der Waals surface area contributed by atoms with E-state index in [-0.39, 0.29) is 30.2 Å². The van der Waals surface area contributed by atoms with Crippen LogP contribution < -0.4 is 10.2 Å². The number of nitrogens with one attached hydrogen (secondary N) is 1. The van der Waals surface area contributed by atoms with E-state index in [1.165, 1.54) is 19.1 Å². The number of nitrogens with zero attached hydrogens (tertiary/aromatic N) is 4. The summed E-state index contributed by atoms with van der Waals surface area (Å²) < 4.78 is 13.3. The van der Waals surface area contributed by atoms with E-state index >= 15 is 0 Å². The summed E-state index contributed by atoms with van der Waals surface area (Å²) in [4.78, 5) is 37.9. The maximum atomic E-state index is 13.3. The van der Waals surface area contributed by atoms with Crippen molar-refractivity contribution in [3.05, 3.63) is 52.7 Å². The van der Waals surface area contributed by atoms with Gasteiger partial charge < -0.3 is 15.1 Å². The van der Waals surface area contributed by atoms with E-state index in [0.717, 1.165) is 61.3 Å². The summed E-state index contributed by atoms with van der Waals surface area (Å²) in [5.41, 5.74) is 3.13. The van der Waals surface area contributed by atoms with Crippen molar-refractivity contribution in [3.63, 3.8) is 0 Å². The molecule has 2 aliphatic rings. The zero-order valence-electron chi connectivity index (χ0n) is 18.7. The normalized spacial score (nSPS) is 18.3. The quantitative estimate of drug-likeness (QED) is 0.775. The highest BCUT2D eigenvalue weighted by molar-refractivity contribution is 5.84. The number of halogens is 1. The summed E-state index contributed by atoms with van der Waals surface area (Å²) in [6.45, 7) is 5.58. The lowest BCUT2D eigenvalue weighted by Crippen LogP contribution is -2.44. The molecular weight excluding hydrogens is 409 g/mol. The number of anilines is 1. The number of amides is 2. The Hall–Kier alpha value is -3.03. The summed E-state index contributed by atoms with van der Waals surface area (Å²) in [6, 6.07) is 6.39. The van der Waals surface area contributed by atoms with E-state index in [1.54, 1.807) is 0 Å². The lowest BCUT2D eigenvalue weighted by atomic mass is 9.99. The van der Waals surface area contributed by atoms with Gasteiger partial charge in [-0.25, -0.2) is 14.4 Å². The first-order chi connectivity index (χ1) is 15.4. The average molecular weight is 440 g/mol. The van der Waals surface area contributed by atoms with Crippen LogP contribution in [-0.4, -0.2) is 46.3 Å². The third-order valence-corrected chi connectivity index (χ3v) is 6.26. The van der Waals surface area contributed by atoms with Crippen LogP contribution >= 0.6 is 0 Å². The molecule has 7 nitrogen and oxygen atoms in total. The van der Waals surface area contributed by atoms with E-state index in [1.807, 2.05) is 24.0 Å². The minimum absolute atomic E-state index is 0.00749. The van der Waals surface area contributed by atoms with Crippen molar-refractivity contribution in [2.24, 2.45) is 0 Å². The Kier molecular flexibility index (Phi) is 6.67. The fourth-order valence-corrected chi connectivity index (χ4v) is 4.62. The van der Waals surface area contributed by atoms with Crippen molar-refractivity contribution in [1.29, 1.82) is 0 Å². The first kappa shape index (κ1) is 22.2. The van der Waals surface area contributed by atoms with Gasteiger partial charge in [-0.1, -0.05) is 12.1 Å². The van der Waals surface area contributed by atoms with Crippen LogP contribution in [0.25, 0.3) is 0 Å². The van der Waals surface area contributed by atoms with Crippen LogP contribution in [0.2, 0.25) is 0 Å². The molecule has 0 saturated carbocycles. The fourth-order valence-electron chi connectivity index (χ4n) is 4.62. The molecule has 1 aromatic carbocycles. The Labute approximate surface area is 188 Å². The van der Waals surface area contributed by atoms with Gasteiger partial charge in [-0.15, -0.1) is 0 Å². The van der Waals surface area contributed by atoms with Gasteiger partial charge >= 0.3 is 0 Å². The lowest BCUT2D eigenvalue weighted by Gasteiger charge is -2.37. The first-order valence-electron chi connectivity index (χ1n) is 11.3. The van der Waals surface area contributed by atoms with Gasteiger partial charge in [0.05, 0.1) is 12.6 Å². The Morgan fingerprint density at radius 3 is 2.66 bits per heavy atom. The number of fused-ring (bicyclic) bond motifs is 1. The van der Waals surface area contributed by atoms with Crippen LogP contribution in [0.3, 0.4) is 0 Å². The molecule has 0 spiro atoms. The van der Waals surface area contributed by atoms with Crippen LogP contribution in [-0.2, 0) is 22.6 Å². The van der Waals surface area contributed by atoms with Crippen LogP contribution in [0.15, 0.2) is 24.3 Å². The molecule has 1 fully saturated rings. The molecule has 1 N–H and O–H groups in total. The Morgan fingerprint density at radius 2 is 1.91 bits per heavy atom. The molecule has 2 aromatic rings. The molecule has 4 rings (SSSR count). The second-order valence-electron chi connectivity index (χ2n) is 8.63. The number of piperidine rings is 1. The van der Waals surface area contributed by atoms with Crippen LogP contribution in [0, 0.1) is 12.7 Å². The van der Waals surface area contributed by atoms with Gasteiger partial charge in [0.1, 0.15) is 11.6 Å². The number of rotatable bonds is 5. The zero-order valence-corrected chi connectivity index (χ0v) is 18.7. The molecule has 32 heavy (non-hydrogen) atoms. The highest BCUT2D eigenvalue weighted by atomic mass is 19.1. The number of likely N-dealkylation sites (tertiary alicyclic amines) is 1. The predicted octanol–water partition coefficient (Wildman–Crippen LogP) is 3.07. The first-order valence-corrected chi connectivity index (χ1v) is 11.3. The number of benzene rings is 1. The largest absolute Gasteiger partial charge is 0.352 e. The monoisotopic (exact) mass is 439 g/mol. The number of aryl methyl sites for hydroxylation is 1. The van der Waals surface area contributed by atoms with Crippen molar-refractivity contribution in [2.75, 3.05) is 24.5 Å². The fraction of sp³-hybridized carbons (Fsp3) is 0.500. The molecule has 2 aliphatic heterocycles. The summed E-state index contributed by atoms with van der Waals surface area (Å²) in [7, 11) is 0. The molecule has 2 amide bonds. The Balaban J connectivity index is 1.62. The van der Waals surface area contributed by atoms with Gasteiger partial charge in [-0.2, -0.15) is 0 Å². The van der Waals surface area contributed by atoms with Gasteiger partial charge in [-0.05, 0) is 56.7 Å². The summed E-state index contributed by atoms with van der Waals surface area (Å²) in [6.07, 6.45) is 4.69. The Bertz CT molecular complexity index is 995. The van der Waals surface area contributed by atoms with Crippen LogP contribution in [0.1, 0.15) is 61.3 Å². The molecule has 1 aromatic heterocycles. The second kappa shape index (κ2) is 9.63. The summed E-state index contributed by atoms with van der Waals surface area (Å²) >= 11 is 0. The highest BCUT2D eigenvalue weighted by Crippen LogP contribution is 2.34. The van der Waals surface area contributed by atoms with Gasteiger partial charge in [0.2, 0.25) is 11.8 Å². The molecule has 1 unspecified atom stereocenters. The van der Waals surface area contributed by atoms with Gasteiger partial charge in [-0.3, -0.25) is 9.59 Å². The minimum atomic E-state index is -0.241. The van der Waals surface area contributed by atoms with Crippen LogP contribution in [0.4, 0.5) is 10.2 Å². The number of carbonyl (C=O) groups excluding carboxylic acids is 2. The minimum Gasteiger partial charge on any atom is -0.352 e. The summed E-state index contributed by atoms with van der Waals surface area (Å²) in [5, 5.41) is 2.61. The third-order valence-electron chi connectivity index (χ3n) is 6.26. The molecule has 170 valence electrons. The maximum absolute atomic E-state index is 13.3. The van der Waals surface area contributed by atoms with Crippen molar-refractivity contribution >= 4 is 17.6 Å². The molecule has 0 aliphatic carbocycles. The maximum Gasteiger partial charge on any atom is 0.242 e. The smallest absolute Gasteiger partial charge is 0.242 e. The van der Waals surface area contributed by atoms with E-state index in [2.05, 4.69) is 10.2 Å². The van der Waals surface area contributed by atoms with Crippen molar-refractivity contribution in [3.8, 4) is 0 Å². The molecule has 0 bridgehead atoms. The second-order valence-corrected chi connectivity index (χ2v) is 8.63. The molecule has 8 heteroatoms. The van der Waals surface area contributed by atoms with Crippen molar-refractivity contribution in [2.45, 2.75) is 58.5 Å². The van der Waals surface area contributed by atoms with Crippen LogP contribution in [0.5, 0.6) is 0 Å². The van der Waals surface area contributed by atoms with E-state index in [0.29, 0.717) is 18.9 Å². The third kappa shape index (κ3) is 4.89. The standard InChI is InChI=1S/C24H30FN5O2/c1-16-20-6-5-12-29(15-18-8-10-19(25)11-9-18)24(20)28-23(27-16)21-7-3-4-13-30(21)22(32)14-26-17(2)31/h8-11,21H,3-7,12-15H2,1-2H3,(H,26,31). The van der Waals surface area contributed by atoms with E-state index < -0.39 is 0 Å². The predicted molar refractivity (Wildman–Crippen MR) is 120 cm³/mol. The van der Waals surface area contributed by atoms with Crippen molar-refractivity contribution in [1.82, 2.24) is 20.2 Å². The topological polar surface area (TPSA) is 78.4 Å². The number of carbonyl (C=O) groups is 2. The number of aromatic nitrogens is 2. The van der Waals surface area contributed by atoms with Gasteiger partial charge in [0.25, 0.3) is 0 Å². The molecule has 0 radical (unpaired) electrons. The SMILES string of the molecule is CC(=O)NCC(=O)N1CCCCC1c1nc(C)c2c(n1)N(Cc1ccc(F)cc1)CCC2. The Morgan fingerprint density at radius 1 is 1.12 bits per heavy atom. The zero-order chi connectivity index (χ0) is 22.7. The molecule has 1 saturated heterocycles. The number of hydrogen-bond acceptors (Lipinski definition) is 5. The van der Waals surface area contributed by atoms with E-state index in [9.17, 15) is 14.0 Å². The average Bonchev–Trinajstić information content (AvgIpc) is 2.79. The molecule has 3 heterocycles. The highest BCUT2D eigenvalue weighted by Gasteiger charge is 2.32. The van der Waals surface area contributed by atoms with Gasteiger partial charge in [0.15, 0.2) is 5.82 Å². The number of hydrogen-bond donors (Lipinski definition) is 1. The molecular formula is C24H30FN5O2. The van der Waals surface area contributed by atoms with E-state index in [4.69, 9.17) is 9.97 Å².